The van der Waals surface area contributed by atoms with E-state index in [4.69, 9.17) is 10.5 Å². The summed E-state index contributed by atoms with van der Waals surface area (Å²) in [5.41, 5.74) is 6.53. The largest absolute Gasteiger partial charge is 0.479 e. The monoisotopic (exact) mass is 295 g/mol. The number of nitrogens with two attached hydrogens (primary N) is 1. The molecule has 0 bridgehead atoms. The number of aromatic nitrogens is 2. The van der Waals surface area contributed by atoms with Crippen LogP contribution in [0.15, 0.2) is 0 Å². The van der Waals surface area contributed by atoms with E-state index < -0.39 is 0 Å². The van der Waals surface area contributed by atoms with Crippen LogP contribution in [0.2, 0.25) is 0 Å². The molecular weight excluding hydrogens is 266 g/mol. The molecule has 0 atom stereocenters. The Kier molecular flexibility index (Phi) is 7.22. The van der Waals surface area contributed by atoms with Gasteiger partial charge in [-0.15, -0.1) is 0 Å². The summed E-state index contributed by atoms with van der Waals surface area (Å²) in [6.45, 7) is 12.4. The summed E-state index contributed by atoms with van der Waals surface area (Å²) in [5.74, 6) is 2.37. The average molecular weight is 295 g/mol. The summed E-state index contributed by atoms with van der Waals surface area (Å²) < 4.78 is 5.25. The van der Waals surface area contributed by atoms with Gasteiger partial charge in [-0.1, -0.05) is 27.7 Å². The maximum atomic E-state index is 6.05. The highest BCUT2D eigenvalue weighted by molar-refractivity contribution is 5.66. The number of anilines is 2. The first kappa shape index (κ1) is 17.5. The van der Waals surface area contributed by atoms with Gasteiger partial charge in [0.2, 0.25) is 5.88 Å². The molecule has 21 heavy (non-hydrogen) atoms. The molecule has 0 unspecified atom stereocenters. The Morgan fingerprint density at radius 3 is 2.43 bits per heavy atom. The molecule has 120 valence electrons. The molecule has 0 saturated heterocycles. The van der Waals surface area contributed by atoms with Gasteiger partial charge in [0.1, 0.15) is 11.5 Å². The minimum Gasteiger partial charge on any atom is -0.479 e. The van der Waals surface area contributed by atoms with Crippen molar-refractivity contribution in [2.24, 2.45) is 5.92 Å². The van der Waals surface area contributed by atoms with E-state index in [1.54, 1.807) is 7.11 Å². The van der Waals surface area contributed by atoms with E-state index >= 15 is 0 Å². The molecule has 0 radical (unpaired) electrons. The Bertz CT molecular complexity index is 432. The fourth-order valence-electron chi connectivity index (χ4n) is 2.11. The van der Waals surface area contributed by atoms with Gasteiger partial charge in [-0.25, -0.2) is 4.98 Å². The van der Waals surface area contributed by atoms with Gasteiger partial charge in [-0.3, -0.25) is 0 Å². The van der Waals surface area contributed by atoms with E-state index in [9.17, 15) is 0 Å². The predicted molar refractivity (Wildman–Crippen MR) is 87.8 cm³/mol. The summed E-state index contributed by atoms with van der Waals surface area (Å²) in [7, 11) is 1.58. The smallest absolute Gasteiger partial charge is 0.242 e. The van der Waals surface area contributed by atoms with E-state index in [-0.39, 0.29) is 0 Å². The molecule has 1 aromatic heterocycles. The molecule has 3 N–H and O–H groups in total. The van der Waals surface area contributed by atoms with Crippen LogP contribution in [0.1, 0.15) is 33.5 Å². The molecule has 0 aliphatic carbocycles. The van der Waals surface area contributed by atoms with Crippen LogP contribution in [-0.4, -0.2) is 48.2 Å². The molecule has 0 saturated carbocycles. The van der Waals surface area contributed by atoms with E-state index in [1.165, 1.54) is 0 Å². The summed E-state index contributed by atoms with van der Waals surface area (Å²) in [6, 6.07) is 0. The quantitative estimate of drug-likeness (QED) is 0.726. The van der Waals surface area contributed by atoms with Crippen molar-refractivity contribution < 1.29 is 4.74 Å². The zero-order valence-corrected chi connectivity index (χ0v) is 13.9. The van der Waals surface area contributed by atoms with Crippen molar-refractivity contribution >= 4 is 11.5 Å². The Labute approximate surface area is 128 Å². The van der Waals surface area contributed by atoms with Gasteiger partial charge in [-0.2, -0.15) is 4.98 Å². The SMILES string of the molecule is CCN(CC)CCNc1nc(CC(C)C)nc(OC)c1N. The Balaban J connectivity index is 2.79. The van der Waals surface area contributed by atoms with Crippen molar-refractivity contribution in [1.29, 1.82) is 0 Å². The average Bonchev–Trinajstić information content (AvgIpc) is 2.45. The van der Waals surface area contributed by atoms with E-state index in [0.29, 0.717) is 23.3 Å². The lowest BCUT2D eigenvalue weighted by molar-refractivity contribution is 0.316. The fourth-order valence-corrected chi connectivity index (χ4v) is 2.11. The van der Waals surface area contributed by atoms with Crippen molar-refractivity contribution in [2.75, 3.05) is 44.3 Å². The first-order valence-electron chi connectivity index (χ1n) is 7.68. The van der Waals surface area contributed by atoms with Gasteiger partial charge in [0.15, 0.2) is 5.82 Å². The highest BCUT2D eigenvalue weighted by Gasteiger charge is 2.13. The number of rotatable bonds is 9. The maximum absolute atomic E-state index is 6.05. The lowest BCUT2D eigenvalue weighted by atomic mass is 10.1. The lowest BCUT2D eigenvalue weighted by Gasteiger charge is -2.19. The zero-order chi connectivity index (χ0) is 15.8. The summed E-state index contributed by atoms with van der Waals surface area (Å²) in [6.07, 6.45) is 0.807. The standard InChI is InChI=1S/C15H29N5O/c1-6-20(7-2)9-8-17-14-13(16)15(21-5)19-12(18-14)10-11(3)4/h11H,6-10,16H2,1-5H3,(H,17,18,19). The second-order valence-electron chi connectivity index (χ2n) is 5.46. The van der Waals surface area contributed by atoms with E-state index in [0.717, 1.165) is 38.4 Å². The van der Waals surface area contributed by atoms with Gasteiger partial charge in [0, 0.05) is 19.5 Å². The number of ether oxygens (including phenoxy) is 1. The number of likely N-dealkylation sites (N-methyl/N-ethyl adjacent to an activating group) is 1. The first-order chi connectivity index (χ1) is 10.0. The molecule has 6 heteroatoms. The zero-order valence-electron chi connectivity index (χ0n) is 13.9. The number of nitrogens with one attached hydrogen (secondary N) is 1. The van der Waals surface area contributed by atoms with Crippen LogP contribution in [0, 0.1) is 5.92 Å². The van der Waals surface area contributed by atoms with Crippen LogP contribution < -0.4 is 15.8 Å². The number of hydrogen-bond acceptors (Lipinski definition) is 6. The number of hydrogen-bond donors (Lipinski definition) is 2. The summed E-state index contributed by atoms with van der Waals surface area (Å²) >= 11 is 0. The van der Waals surface area contributed by atoms with Gasteiger partial charge in [0.05, 0.1) is 7.11 Å². The number of methoxy groups -OCH3 is 1. The second-order valence-corrected chi connectivity index (χ2v) is 5.46. The van der Waals surface area contributed by atoms with Crippen molar-refractivity contribution in [3.63, 3.8) is 0 Å². The topological polar surface area (TPSA) is 76.3 Å². The molecule has 0 aliphatic heterocycles. The third-order valence-electron chi connectivity index (χ3n) is 3.36. The Morgan fingerprint density at radius 1 is 1.24 bits per heavy atom. The van der Waals surface area contributed by atoms with Crippen LogP contribution in [-0.2, 0) is 6.42 Å². The lowest BCUT2D eigenvalue weighted by Crippen LogP contribution is -2.29. The molecule has 0 fully saturated rings. The molecule has 1 heterocycles. The molecule has 0 spiro atoms. The van der Waals surface area contributed by atoms with Gasteiger partial charge >= 0.3 is 0 Å². The molecule has 1 rings (SSSR count). The van der Waals surface area contributed by atoms with Gasteiger partial charge in [-0.05, 0) is 19.0 Å². The molecule has 1 aromatic rings. The molecule has 6 nitrogen and oxygen atoms in total. The fraction of sp³-hybridized carbons (Fsp3) is 0.733. The van der Waals surface area contributed by atoms with Crippen LogP contribution in [0.4, 0.5) is 11.5 Å². The van der Waals surface area contributed by atoms with E-state index in [1.807, 2.05) is 0 Å². The van der Waals surface area contributed by atoms with Crippen LogP contribution in [0.25, 0.3) is 0 Å². The van der Waals surface area contributed by atoms with E-state index in [2.05, 4.69) is 47.9 Å². The van der Waals surface area contributed by atoms with Crippen molar-refractivity contribution in [1.82, 2.24) is 14.9 Å². The molecule has 0 aromatic carbocycles. The van der Waals surface area contributed by atoms with Gasteiger partial charge in [0.25, 0.3) is 0 Å². The summed E-state index contributed by atoms with van der Waals surface area (Å²) in [4.78, 5) is 11.2. The first-order valence-corrected chi connectivity index (χ1v) is 7.68. The highest BCUT2D eigenvalue weighted by Crippen LogP contribution is 2.26. The van der Waals surface area contributed by atoms with Crippen molar-refractivity contribution in [3.05, 3.63) is 5.82 Å². The van der Waals surface area contributed by atoms with Crippen LogP contribution in [0.5, 0.6) is 5.88 Å². The Hall–Kier alpha value is -1.56. The third-order valence-corrected chi connectivity index (χ3v) is 3.36. The maximum Gasteiger partial charge on any atom is 0.242 e. The number of nitrogen functional groups attached to an aromatic ring is 1. The summed E-state index contributed by atoms with van der Waals surface area (Å²) in [5, 5.41) is 3.30. The predicted octanol–water partition coefficient (Wildman–Crippen LogP) is 2.02. The second kappa shape index (κ2) is 8.67. The van der Waals surface area contributed by atoms with Crippen molar-refractivity contribution in [2.45, 2.75) is 34.1 Å². The minimum absolute atomic E-state index is 0.450. The minimum atomic E-state index is 0.450. The Morgan fingerprint density at radius 2 is 1.90 bits per heavy atom. The number of nitrogens with zero attached hydrogens (tertiary/aromatic N) is 3. The molecule has 0 amide bonds. The van der Waals surface area contributed by atoms with Crippen molar-refractivity contribution in [3.8, 4) is 5.88 Å². The van der Waals surface area contributed by atoms with Gasteiger partial charge < -0.3 is 20.7 Å². The third kappa shape index (κ3) is 5.38. The molecular formula is C15H29N5O. The highest BCUT2D eigenvalue weighted by atomic mass is 16.5. The normalized spacial score (nSPS) is 11.2. The molecule has 0 aliphatic rings. The van der Waals surface area contributed by atoms with Crippen LogP contribution >= 0.6 is 0 Å². The van der Waals surface area contributed by atoms with Crippen LogP contribution in [0.3, 0.4) is 0 Å².